The predicted molar refractivity (Wildman–Crippen MR) is 52.9 cm³/mol. The molecule has 0 heterocycles. The minimum Gasteiger partial charge on any atom is -0.207 e. The van der Waals surface area contributed by atoms with Gasteiger partial charge in [0.25, 0.3) is 0 Å². The lowest BCUT2D eigenvalue weighted by molar-refractivity contribution is 0.518. The summed E-state index contributed by atoms with van der Waals surface area (Å²) < 4.78 is 13.5. The van der Waals surface area contributed by atoms with E-state index in [1.54, 1.807) is 6.07 Å². The molecular formula is C10H9ClFNO. The van der Waals surface area contributed by atoms with Crippen molar-refractivity contribution >= 4 is 11.6 Å². The molecule has 1 unspecified atom stereocenters. The van der Waals surface area contributed by atoms with E-state index >= 15 is 0 Å². The topological polar surface area (TPSA) is 29.4 Å². The molecule has 2 rings (SSSR count). The van der Waals surface area contributed by atoms with Gasteiger partial charge in [0.05, 0.1) is 0 Å². The number of nitroso groups, excluding NO2 is 1. The lowest BCUT2D eigenvalue weighted by Gasteiger charge is -2.20. The summed E-state index contributed by atoms with van der Waals surface area (Å²) in [5.74, 6) is -0.406. The molecule has 1 aromatic rings. The van der Waals surface area contributed by atoms with Gasteiger partial charge in [-0.25, -0.2) is 4.39 Å². The van der Waals surface area contributed by atoms with Gasteiger partial charge in [-0.1, -0.05) is 16.8 Å². The number of fused-ring (bicyclic) bond motifs is 1. The minimum absolute atomic E-state index is 0.382. The molecule has 1 aliphatic rings. The molecule has 0 aliphatic heterocycles. The van der Waals surface area contributed by atoms with E-state index in [1.807, 2.05) is 0 Å². The Hall–Kier alpha value is -0.960. The second-order valence-electron chi connectivity index (χ2n) is 3.47. The lowest BCUT2D eigenvalue weighted by Crippen LogP contribution is -2.10. The van der Waals surface area contributed by atoms with Gasteiger partial charge in [0.1, 0.15) is 11.9 Å². The summed E-state index contributed by atoms with van der Waals surface area (Å²) in [4.78, 5) is 10.5. The molecule has 0 saturated carbocycles. The molecule has 0 spiro atoms. The molecule has 0 saturated heterocycles. The van der Waals surface area contributed by atoms with Gasteiger partial charge in [-0.3, -0.25) is 0 Å². The van der Waals surface area contributed by atoms with Gasteiger partial charge in [-0.15, -0.1) is 0 Å². The molecule has 0 amide bonds. The second-order valence-corrected chi connectivity index (χ2v) is 3.91. The molecule has 14 heavy (non-hydrogen) atoms. The normalized spacial score (nSPS) is 20.3. The van der Waals surface area contributed by atoms with Crippen LogP contribution < -0.4 is 0 Å². The van der Waals surface area contributed by atoms with Crippen LogP contribution in [0.4, 0.5) is 4.39 Å². The van der Waals surface area contributed by atoms with Gasteiger partial charge in [0.2, 0.25) is 0 Å². The highest BCUT2D eigenvalue weighted by Crippen LogP contribution is 2.35. The molecule has 0 bridgehead atoms. The number of aryl methyl sites for hydroxylation is 1. The summed E-state index contributed by atoms with van der Waals surface area (Å²) in [7, 11) is 0. The average molecular weight is 214 g/mol. The van der Waals surface area contributed by atoms with Gasteiger partial charge >= 0.3 is 0 Å². The lowest BCUT2D eigenvalue weighted by atomic mass is 9.88. The van der Waals surface area contributed by atoms with Crippen LogP contribution in [0, 0.1) is 10.7 Å². The van der Waals surface area contributed by atoms with Crippen LogP contribution in [0.2, 0.25) is 5.02 Å². The Kier molecular flexibility index (Phi) is 2.50. The quantitative estimate of drug-likeness (QED) is 0.655. The van der Waals surface area contributed by atoms with Crippen LogP contribution in [0.25, 0.3) is 0 Å². The van der Waals surface area contributed by atoms with Crippen molar-refractivity contribution in [3.05, 3.63) is 39.0 Å². The molecule has 0 fully saturated rings. The summed E-state index contributed by atoms with van der Waals surface area (Å²) in [6.45, 7) is 0. The highest BCUT2D eigenvalue weighted by atomic mass is 35.5. The Morgan fingerprint density at radius 1 is 1.50 bits per heavy atom. The van der Waals surface area contributed by atoms with Gasteiger partial charge in [-0.2, -0.15) is 4.91 Å². The Morgan fingerprint density at radius 3 is 3.00 bits per heavy atom. The summed E-state index contributed by atoms with van der Waals surface area (Å²) in [6.07, 6.45) is 2.27. The standard InChI is InChI=1S/C10H9ClFNO/c11-7-4-6-2-1-3-9(13-14)10(6)8(12)5-7/h4-5,9H,1-3H2. The molecule has 0 aromatic heterocycles. The smallest absolute Gasteiger partial charge is 0.130 e. The molecule has 0 radical (unpaired) electrons. The number of nitrogens with zero attached hydrogens (tertiary/aromatic N) is 1. The van der Waals surface area contributed by atoms with Crippen LogP contribution in [-0.2, 0) is 6.42 Å². The molecule has 2 nitrogen and oxygen atoms in total. The Morgan fingerprint density at radius 2 is 2.29 bits per heavy atom. The van der Waals surface area contributed by atoms with E-state index in [9.17, 15) is 9.30 Å². The molecular weight excluding hydrogens is 205 g/mol. The molecule has 1 aromatic carbocycles. The monoisotopic (exact) mass is 213 g/mol. The number of halogens is 2. The van der Waals surface area contributed by atoms with Crippen molar-refractivity contribution in [2.75, 3.05) is 0 Å². The first-order chi connectivity index (χ1) is 6.72. The minimum atomic E-state index is -0.531. The zero-order valence-corrected chi connectivity index (χ0v) is 8.22. The molecule has 0 N–H and O–H groups in total. The fraction of sp³-hybridized carbons (Fsp3) is 0.400. The van der Waals surface area contributed by atoms with Crippen molar-refractivity contribution < 1.29 is 4.39 Å². The van der Waals surface area contributed by atoms with Gasteiger partial charge in [-0.05, 0) is 37.0 Å². The third kappa shape index (κ3) is 1.52. The van der Waals surface area contributed by atoms with Crippen LogP contribution in [-0.4, -0.2) is 0 Å². The number of benzene rings is 1. The third-order valence-electron chi connectivity index (χ3n) is 2.56. The maximum Gasteiger partial charge on any atom is 0.130 e. The van der Waals surface area contributed by atoms with Crippen molar-refractivity contribution in [3.63, 3.8) is 0 Å². The van der Waals surface area contributed by atoms with E-state index < -0.39 is 11.9 Å². The summed E-state index contributed by atoms with van der Waals surface area (Å²) >= 11 is 5.72. The van der Waals surface area contributed by atoms with Crippen LogP contribution in [0.5, 0.6) is 0 Å². The van der Waals surface area contributed by atoms with Crippen molar-refractivity contribution in [3.8, 4) is 0 Å². The van der Waals surface area contributed by atoms with E-state index in [0.717, 1.165) is 18.4 Å². The van der Waals surface area contributed by atoms with Gasteiger partial charge in [0, 0.05) is 10.6 Å². The van der Waals surface area contributed by atoms with Crippen molar-refractivity contribution in [1.29, 1.82) is 0 Å². The fourth-order valence-electron chi connectivity index (χ4n) is 1.95. The fourth-order valence-corrected chi connectivity index (χ4v) is 2.18. The van der Waals surface area contributed by atoms with E-state index in [0.29, 0.717) is 17.0 Å². The average Bonchev–Trinajstić information content (AvgIpc) is 2.16. The Balaban J connectivity index is 2.56. The molecule has 4 heteroatoms. The zero-order chi connectivity index (χ0) is 10.1. The van der Waals surface area contributed by atoms with Crippen LogP contribution in [0.1, 0.15) is 30.0 Å². The van der Waals surface area contributed by atoms with Crippen LogP contribution in [0.3, 0.4) is 0 Å². The summed E-state index contributed by atoms with van der Waals surface area (Å²) in [5, 5.41) is 3.33. The first-order valence-corrected chi connectivity index (χ1v) is 4.90. The van der Waals surface area contributed by atoms with Crippen molar-refractivity contribution in [2.45, 2.75) is 25.3 Å². The first-order valence-electron chi connectivity index (χ1n) is 4.52. The Labute approximate surface area is 86.0 Å². The van der Waals surface area contributed by atoms with Gasteiger partial charge in [0.15, 0.2) is 0 Å². The third-order valence-corrected chi connectivity index (χ3v) is 2.78. The number of hydrogen-bond acceptors (Lipinski definition) is 2. The maximum atomic E-state index is 13.5. The summed E-state index contributed by atoms with van der Waals surface area (Å²) in [6, 6.07) is 2.43. The second kappa shape index (κ2) is 3.65. The largest absolute Gasteiger partial charge is 0.207 e. The number of rotatable bonds is 1. The van der Waals surface area contributed by atoms with E-state index in [-0.39, 0.29) is 0 Å². The van der Waals surface area contributed by atoms with Crippen molar-refractivity contribution in [2.24, 2.45) is 5.18 Å². The highest BCUT2D eigenvalue weighted by molar-refractivity contribution is 6.30. The predicted octanol–water partition coefficient (Wildman–Crippen LogP) is 3.62. The van der Waals surface area contributed by atoms with Crippen LogP contribution in [0.15, 0.2) is 17.3 Å². The van der Waals surface area contributed by atoms with Crippen LogP contribution >= 0.6 is 11.6 Å². The SMILES string of the molecule is O=NC1CCCc2cc(Cl)cc(F)c21. The van der Waals surface area contributed by atoms with E-state index in [2.05, 4.69) is 5.18 Å². The first kappa shape index (κ1) is 9.59. The molecule has 1 atom stereocenters. The molecule has 74 valence electrons. The number of hydrogen-bond donors (Lipinski definition) is 0. The Bertz CT molecular complexity index is 381. The zero-order valence-electron chi connectivity index (χ0n) is 7.46. The van der Waals surface area contributed by atoms with E-state index in [1.165, 1.54) is 6.07 Å². The summed E-state index contributed by atoms with van der Waals surface area (Å²) in [5.41, 5.74) is 1.27. The maximum absolute atomic E-state index is 13.5. The van der Waals surface area contributed by atoms with Gasteiger partial charge < -0.3 is 0 Å². The molecule has 1 aliphatic carbocycles. The van der Waals surface area contributed by atoms with Crippen molar-refractivity contribution in [1.82, 2.24) is 0 Å². The van der Waals surface area contributed by atoms with E-state index in [4.69, 9.17) is 11.6 Å². The highest BCUT2D eigenvalue weighted by Gasteiger charge is 2.24.